The number of hydrogen-bond donors (Lipinski definition) is 0. The molecule has 160 valence electrons. The number of likely N-dealkylation sites (tertiary alicyclic amines) is 1. The van der Waals surface area contributed by atoms with Crippen molar-refractivity contribution in [2.24, 2.45) is 5.41 Å². The lowest BCUT2D eigenvalue weighted by molar-refractivity contribution is -0.149. The van der Waals surface area contributed by atoms with Gasteiger partial charge in [0, 0.05) is 52.5 Å². The van der Waals surface area contributed by atoms with Gasteiger partial charge in [0.15, 0.2) is 0 Å². The first-order valence-corrected chi connectivity index (χ1v) is 11.1. The number of anilines is 1. The molecular formula is C25H33N3O2. The van der Waals surface area contributed by atoms with Crippen LogP contribution in [0.2, 0.25) is 0 Å². The number of carbonyl (C=O) groups excluding carboxylic acids is 1. The standard InChI is InChI=1S/C25H33N3O2/c1-27(2)23-17-21(10-13-26-23)22-9-6-14-28(19-22)24(29)25(11-15-30-16-12-25)18-20-7-4-3-5-8-20/h3-5,7-8,10,13,17,22H,6,9,11-12,14-16,18-19H2,1-2H3. The minimum absolute atomic E-state index is 0.321. The minimum Gasteiger partial charge on any atom is -0.381 e. The molecule has 0 spiro atoms. The molecule has 1 unspecified atom stereocenters. The highest BCUT2D eigenvalue weighted by Gasteiger charge is 2.43. The zero-order valence-corrected chi connectivity index (χ0v) is 18.2. The van der Waals surface area contributed by atoms with E-state index in [0.717, 1.165) is 51.0 Å². The molecule has 4 rings (SSSR count). The van der Waals surface area contributed by atoms with Crippen molar-refractivity contribution < 1.29 is 9.53 Å². The summed E-state index contributed by atoms with van der Waals surface area (Å²) < 4.78 is 5.64. The van der Waals surface area contributed by atoms with Gasteiger partial charge < -0.3 is 14.5 Å². The monoisotopic (exact) mass is 407 g/mol. The maximum Gasteiger partial charge on any atom is 0.229 e. The summed E-state index contributed by atoms with van der Waals surface area (Å²) in [5.74, 6) is 1.67. The van der Waals surface area contributed by atoms with Gasteiger partial charge in [0.05, 0.1) is 5.41 Å². The summed E-state index contributed by atoms with van der Waals surface area (Å²) in [6.07, 6.45) is 6.48. The highest BCUT2D eigenvalue weighted by Crippen LogP contribution is 2.38. The number of piperidine rings is 1. The molecule has 3 heterocycles. The van der Waals surface area contributed by atoms with E-state index in [1.165, 1.54) is 11.1 Å². The van der Waals surface area contributed by atoms with E-state index in [1.54, 1.807) is 0 Å². The summed E-state index contributed by atoms with van der Waals surface area (Å²) in [6.45, 7) is 3.00. The molecule has 0 saturated carbocycles. The molecular weight excluding hydrogens is 374 g/mol. The van der Waals surface area contributed by atoms with Crippen molar-refractivity contribution in [2.45, 2.75) is 38.0 Å². The van der Waals surface area contributed by atoms with Gasteiger partial charge in [-0.3, -0.25) is 4.79 Å². The second-order valence-electron chi connectivity index (χ2n) is 8.99. The third kappa shape index (κ3) is 4.51. The van der Waals surface area contributed by atoms with Crippen LogP contribution in [0.5, 0.6) is 0 Å². The second kappa shape index (κ2) is 9.17. The highest BCUT2D eigenvalue weighted by atomic mass is 16.5. The van der Waals surface area contributed by atoms with Crippen molar-refractivity contribution in [1.29, 1.82) is 0 Å². The largest absolute Gasteiger partial charge is 0.381 e. The van der Waals surface area contributed by atoms with Crippen LogP contribution in [0.4, 0.5) is 5.82 Å². The number of amides is 1. The van der Waals surface area contributed by atoms with Crippen LogP contribution >= 0.6 is 0 Å². The van der Waals surface area contributed by atoms with Crippen LogP contribution in [0, 0.1) is 5.41 Å². The Bertz CT molecular complexity index is 846. The lowest BCUT2D eigenvalue weighted by Crippen LogP contribution is -2.50. The molecule has 0 radical (unpaired) electrons. The van der Waals surface area contributed by atoms with E-state index < -0.39 is 0 Å². The number of rotatable bonds is 5. The predicted octanol–water partition coefficient (Wildman–Crippen LogP) is 3.89. The maximum absolute atomic E-state index is 13.9. The van der Waals surface area contributed by atoms with Crippen molar-refractivity contribution in [3.63, 3.8) is 0 Å². The Morgan fingerprint density at radius 3 is 2.70 bits per heavy atom. The molecule has 1 aromatic heterocycles. The summed E-state index contributed by atoms with van der Waals surface area (Å²) in [6, 6.07) is 14.7. The molecule has 1 aromatic carbocycles. The number of pyridine rings is 1. The van der Waals surface area contributed by atoms with E-state index >= 15 is 0 Å². The molecule has 30 heavy (non-hydrogen) atoms. The van der Waals surface area contributed by atoms with Gasteiger partial charge in [0.2, 0.25) is 5.91 Å². The van der Waals surface area contributed by atoms with Gasteiger partial charge in [-0.2, -0.15) is 0 Å². The molecule has 0 bridgehead atoms. The topological polar surface area (TPSA) is 45.7 Å². The van der Waals surface area contributed by atoms with Crippen LogP contribution in [-0.2, 0) is 16.0 Å². The first kappa shape index (κ1) is 20.9. The van der Waals surface area contributed by atoms with Crippen molar-refractivity contribution >= 4 is 11.7 Å². The fraction of sp³-hybridized carbons (Fsp3) is 0.520. The van der Waals surface area contributed by atoms with E-state index in [-0.39, 0.29) is 5.41 Å². The fourth-order valence-electron chi connectivity index (χ4n) is 4.92. The average Bonchev–Trinajstić information content (AvgIpc) is 2.80. The molecule has 2 fully saturated rings. The summed E-state index contributed by atoms with van der Waals surface area (Å²) >= 11 is 0. The first-order chi connectivity index (χ1) is 14.6. The van der Waals surface area contributed by atoms with E-state index in [2.05, 4.69) is 46.3 Å². The molecule has 2 aliphatic heterocycles. The number of nitrogens with zero attached hydrogens (tertiary/aromatic N) is 3. The number of hydrogen-bond acceptors (Lipinski definition) is 4. The first-order valence-electron chi connectivity index (χ1n) is 11.1. The van der Waals surface area contributed by atoms with Gasteiger partial charge in [-0.1, -0.05) is 30.3 Å². The Morgan fingerprint density at radius 1 is 1.20 bits per heavy atom. The zero-order chi connectivity index (χ0) is 21.0. The molecule has 0 N–H and O–H groups in total. The average molecular weight is 408 g/mol. The van der Waals surface area contributed by atoms with E-state index in [0.29, 0.717) is 25.0 Å². The third-order valence-electron chi connectivity index (χ3n) is 6.70. The summed E-state index contributed by atoms with van der Waals surface area (Å²) in [5, 5.41) is 0. The normalized spacial score (nSPS) is 21.3. The molecule has 2 saturated heterocycles. The Morgan fingerprint density at radius 2 is 1.97 bits per heavy atom. The lowest BCUT2D eigenvalue weighted by atomic mass is 9.73. The lowest BCUT2D eigenvalue weighted by Gasteiger charge is -2.42. The third-order valence-corrected chi connectivity index (χ3v) is 6.70. The number of carbonyl (C=O) groups is 1. The highest BCUT2D eigenvalue weighted by molar-refractivity contribution is 5.83. The molecule has 1 atom stereocenters. The number of ether oxygens (including phenoxy) is 1. The summed E-state index contributed by atoms with van der Waals surface area (Å²) in [4.78, 5) is 22.5. The Balaban J connectivity index is 1.53. The SMILES string of the molecule is CN(C)c1cc(C2CCCN(C(=O)C3(Cc4ccccc4)CCOCC3)C2)ccn1. The zero-order valence-electron chi connectivity index (χ0n) is 18.2. The van der Waals surface area contributed by atoms with Crippen LogP contribution in [0.15, 0.2) is 48.7 Å². The van der Waals surface area contributed by atoms with Crippen molar-refractivity contribution in [3.8, 4) is 0 Å². The van der Waals surface area contributed by atoms with E-state index in [4.69, 9.17) is 4.74 Å². The van der Waals surface area contributed by atoms with E-state index in [1.807, 2.05) is 31.3 Å². The second-order valence-corrected chi connectivity index (χ2v) is 8.99. The van der Waals surface area contributed by atoms with E-state index in [9.17, 15) is 4.79 Å². The van der Waals surface area contributed by atoms with Crippen LogP contribution < -0.4 is 4.90 Å². The summed E-state index contributed by atoms with van der Waals surface area (Å²) in [7, 11) is 4.03. The predicted molar refractivity (Wildman–Crippen MR) is 120 cm³/mol. The maximum atomic E-state index is 13.9. The minimum atomic E-state index is -0.339. The van der Waals surface area contributed by atoms with Gasteiger partial charge in [-0.15, -0.1) is 0 Å². The van der Waals surface area contributed by atoms with Crippen molar-refractivity contribution in [1.82, 2.24) is 9.88 Å². The fourth-order valence-corrected chi connectivity index (χ4v) is 4.92. The van der Waals surface area contributed by atoms with Gasteiger partial charge >= 0.3 is 0 Å². The molecule has 5 nitrogen and oxygen atoms in total. The van der Waals surface area contributed by atoms with Crippen LogP contribution in [0.1, 0.15) is 42.7 Å². The molecule has 1 amide bonds. The van der Waals surface area contributed by atoms with Crippen molar-refractivity contribution in [2.75, 3.05) is 45.3 Å². The molecule has 0 aliphatic carbocycles. The smallest absolute Gasteiger partial charge is 0.229 e. The van der Waals surface area contributed by atoms with Crippen molar-refractivity contribution in [3.05, 3.63) is 59.8 Å². The Hall–Kier alpha value is -2.40. The van der Waals surface area contributed by atoms with Gasteiger partial charge in [0.1, 0.15) is 5.82 Å². The quantitative estimate of drug-likeness (QED) is 0.754. The summed E-state index contributed by atoms with van der Waals surface area (Å²) in [5.41, 5.74) is 2.19. The van der Waals surface area contributed by atoms with Gasteiger partial charge in [-0.05, 0) is 55.4 Å². The molecule has 2 aliphatic rings. The molecule has 2 aromatic rings. The molecule has 5 heteroatoms. The Kier molecular flexibility index (Phi) is 6.38. The van der Waals surface area contributed by atoms with Gasteiger partial charge in [0.25, 0.3) is 0 Å². The van der Waals surface area contributed by atoms with Crippen LogP contribution in [-0.4, -0.2) is 56.2 Å². The number of benzene rings is 1. The van der Waals surface area contributed by atoms with Crippen LogP contribution in [0.3, 0.4) is 0 Å². The van der Waals surface area contributed by atoms with Crippen LogP contribution in [0.25, 0.3) is 0 Å². The van der Waals surface area contributed by atoms with Gasteiger partial charge in [-0.25, -0.2) is 4.98 Å². The number of aromatic nitrogens is 1. The Labute approximate surface area is 180 Å².